The predicted octanol–water partition coefficient (Wildman–Crippen LogP) is 2.12. The predicted molar refractivity (Wildman–Crippen MR) is 62.9 cm³/mol. The molecule has 0 fully saturated rings. The Balaban J connectivity index is 2.06. The quantitative estimate of drug-likeness (QED) is 0.512. The van der Waals surface area contributed by atoms with Crippen molar-refractivity contribution in [2.24, 2.45) is 0 Å². The van der Waals surface area contributed by atoms with Gasteiger partial charge in [0.2, 0.25) is 5.88 Å². The lowest BCUT2D eigenvalue weighted by atomic mass is 10.4. The molecule has 5 nitrogen and oxygen atoms in total. The average Bonchev–Trinajstić information content (AvgIpc) is 2.81. The first-order chi connectivity index (χ1) is 8.34. The van der Waals surface area contributed by atoms with Crippen LogP contribution in [0.15, 0.2) is 42.2 Å². The van der Waals surface area contributed by atoms with Crippen molar-refractivity contribution < 1.29 is 9.47 Å². The molecule has 0 bridgehead atoms. The fraction of sp³-hybridized carbons (Fsp3) is 0. The molecule has 0 radical (unpaired) electrons. The molecule has 0 aromatic carbocycles. The van der Waals surface area contributed by atoms with Crippen LogP contribution >= 0.6 is 11.3 Å². The van der Waals surface area contributed by atoms with Gasteiger partial charge in [-0.1, -0.05) is 0 Å². The summed E-state index contributed by atoms with van der Waals surface area (Å²) >= 11 is 1.50. The van der Waals surface area contributed by atoms with E-state index in [1.165, 1.54) is 23.9 Å². The van der Waals surface area contributed by atoms with Crippen molar-refractivity contribution in [1.29, 1.82) is 0 Å². The number of thiophene rings is 1. The molecule has 0 aliphatic rings. The molecule has 3 aromatic rings. The molecule has 0 spiro atoms. The zero-order chi connectivity index (χ0) is 11.7. The monoisotopic (exact) mass is 245 g/mol. The molecular weight excluding hydrogens is 238 g/mol. The number of aromatic nitrogens is 3. The Kier molecular flexibility index (Phi) is 2.34. The lowest BCUT2D eigenvalue weighted by Crippen LogP contribution is -2.26. The highest BCUT2D eigenvalue weighted by Crippen LogP contribution is 2.27. The Morgan fingerprint density at radius 3 is 3.06 bits per heavy atom. The van der Waals surface area contributed by atoms with E-state index in [2.05, 4.69) is 9.97 Å². The van der Waals surface area contributed by atoms with E-state index in [4.69, 9.17) is 4.74 Å². The maximum absolute atomic E-state index is 11.4. The van der Waals surface area contributed by atoms with Crippen molar-refractivity contribution in [3.05, 3.63) is 47.4 Å². The third-order valence-electron chi connectivity index (χ3n) is 2.22. The standard InChI is InChI=1S/C11H7N3O2S/c15-14-5-2-1-3-9(14)16-10-8-4-6-17-11(8)13-7-12-10/h1-7H. The van der Waals surface area contributed by atoms with Crippen LogP contribution in [0.4, 0.5) is 0 Å². The van der Waals surface area contributed by atoms with E-state index in [9.17, 15) is 5.21 Å². The maximum atomic E-state index is 11.4. The second-order valence-corrected chi connectivity index (χ2v) is 4.18. The molecule has 0 atom stereocenters. The van der Waals surface area contributed by atoms with Gasteiger partial charge in [-0.2, -0.15) is 0 Å². The molecule has 0 saturated carbocycles. The second-order valence-electron chi connectivity index (χ2n) is 3.28. The zero-order valence-corrected chi connectivity index (χ0v) is 9.42. The molecule has 0 aliphatic carbocycles. The first-order valence-corrected chi connectivity index (χ1v) is 5.77. The molecule has 3 rings (SSSR count). The minimum Gasteiger partial charge on any atom is -0.616 e. The fourth-order valence-electron chi connectivity index (χ4n) is 1.44. The molecule has 0 unspecified atom stereocenters. The minimum atomic E-state index is 0.193. The number of nitrogens with zero attached hydrogens (tertiary/aromatic N) is 3. The van der Waals surface area contributed by atoms with Crippen molar-refractivity contribution in [2.75, 3.05) is 0 Å². The second kappa shape index (κ2) is 3.99. The van der Waals surface area contributed by atoms with E-state index in [1.807, 2.05) is 11.4 Å². The first kappa shape index (κ1) is 9.98. The van der Waals surface area contributed by atoms with Crippen LogP contribution in [0.1, 0.15) is 0 Å². The molecule has 0 saturated heterocycles. The molecule has 3 aromatic heterocycles. The zero-order valence-electron chi connectivity index (χ0n) is 8.61. The average molecular weight is 245 g/mol. The molecule has 17 heavy (non-hydrogen) atoms. The Bertz CT molecular complexity index is 668. The van der Waals surface area contributed by atoms with Crippen molar-refractivity contribution in [3.63, 3.8) is 0 Å². The topological polar surface area (TPSA) is 62.0 Å². The summed E-state index contributed by atoms with van der Waals surface area (Å²) < 4.78 is 6.14. The smallest absolute Gasteiger partial charge is 0.386 e. The Labute approximate surface area is 101 Å². The normalized spacial score (nSPS) is 10.6. The highest BCUT2D eigenvalue weighted by molar-refractivity contribution is 7.16. The number of ether oxygens (including phenoxy) is 1. The van der Waals surface area contributed by atoms with Crippen LogP contribution in [0.2, 0.25) is 0 Å². The first-order valence-electron chi connectivity index (χ1n) is 4.89. The van der Waals surface area contributed by atoms with Crippen LogP contribution in [0.5, 0.6) is 11.8 Å². The number of pyridine rings is 1. The van der Waals surface area contributed by atoms with E-state index in [0.717, 1.165) is 10.2 Å². The third-order valence-corrected chi connectivity index (χ3v) is 3.04. The summed E-state index contributed by atoms with van der Waals surface area (Å²) in [6, 6.07) is 6.83. The molecule has 0 N–H and O–H groups in total. The van der Waals surface area contributed by atoms with E-state index >= 15 is 0 Å². The van der Waals surface area contributed by atoms with Gasteiger partial charge in [0, 0.05) is 6.07 Å². The highest BCUT2D eigenvalue weighted by atomic mass is 32.1. The number of hydrogen-bond acceptors (Lipinski definition) is 5. The van der Waals surface area contributed by atoms with E-state index in [-0.39, 0.29) is 5.88 Å². The van der Waals surface area contributed by atoms with Crippen LogP contribution in [-0.2, 0) is 0 Å². The van der Waals surface area contributed by atoms with Gasteiger partial charge in [0.05, 0.1) is 11.5 Å². The summed E-state index contributed by atoms with van der Waals surface area (Å²) in [6.45, 7) is 0. The summed E-state index contributed by atoms with van der Waals surface area (Å²) in [6.07, 6.45) is 2.80. The van der Waals surface area contributed by atoms with E-state index in [1.54, 1.807) is 18.2 Å². The van der Waals surface area contributed by atoms with E-state index in [0.29, 0.717) is 10.6 Å². The van der Waals surface area contributed by atoms with Gasteiger partial charge in [-0.25, -0.2) is 9.97 Å². The lowest BCUT2D eigenvalue weighted by Gasteiger charge is -2.04. The van der Waals surface area contributed by atoms with Crippen molar-refractivity contribution in [1.82, 2.24) is 9.97 Å². The summed E-state index contributed by atoms with van der Waals surface area (Å²) in [5.41, 5.74) is 0. The molecule has 0 aliphatic heterocycles. The third kappa shape index (κ3) is 1.78. The Hall–Kier alpha value is -2.21. The molecular formula is C11H7N3O2S. The highest BCUT2D eigenvalue weighted by Gasteiger charge is 2.11. The largest absolute Gasteiger partial charge is 0.616 e. The summed E-state index contributed by atoms with van der Waals surface area (Å²) in [7, 11) is 0. The molecule has 6 heteroatoms. The fourth-order valence-corrected chi connectivity index (χ4v) is 2.16. The van der Waals surface area contributed by atoms with Gasteiger partial charge >= 0.3 is 5.88 Å². The van der Waals surface area contributed by atoms with Gasteiger partial charge in [-0.3, -0.25) is 0 Å². The van der Waals surface area contributed by atoms with Gasteiger partial charge in [0.15, 0.2) is 6.20 Å². The van der Waals surface area contributed by atoms with Crippen LogP contribution in [0.25, 0.3) is 10.2 Å². The van der Waals surface area contributed by atoms with Crippen LogP contribution in [0.3, 0.4) is 0 Å². The minimum absolute atomic E-state index is 0.193. The van der Waals surface area contributed by atoms with Gasteiger partial charge < -0.3 is 9.94 Å². The molecule has 84 valence electrons. The van der Waals surface area contributed by atoms with Crippen molar-refractivity contribution in [2.45, 2.75) is 0 Å². The van der Waals surface area contributed by atoms with Gasteiger partial charge in [0.1, 0.15) is 11.2 Å². The molecule has 3 heterocycles. The Morgan fingerprint density at radius 2 is 2.18 bits per heavy atom. The van der Waals surface area contributed by atoms with Crippen LogP contribution < -0.4 is 9.47 Å². The summed E-state index contributed by atoms with van der Waals surface area (Å²) in [5, 5.41) is 14.2. The number of hydrogen-bond donors (Lipinski definition) is 0. The number of fused-ring (bicyclic) bond motifs is 1. The van der Waals surface area contributed by atoms with E-state index < -0.39 is 0 Å². The molecule has 0 amide bonds. The van der Waals surface area contributed by atoms with Crippen LogP contribution in [-0.4, -0.2) is 9.97 Å². The lowest BCUT2D eigenvalue weighted by molar-refractivity contribution is -0.611. The summed E-state index contributed by atoms with van der Waals surface area (Å²) in [5.74, 6) is 0.589. The van der Waals surface area contributed by atoms with Gasteiger partial charge in [-0.15, -0.1) is 16.1 Å². The number of rotatable bonds is 2. The Morgan fingerprint density at radius 1 is 1.24 bits per heavy atom. The van der Waals surface area contributed by atoms with Gasteiger partial charge in [-0.05, 0) is 17.5 Å². The van der Waals surface area contributed by atoms with Crippen molar-refractivity contribution >= 4 is 21.6 Å². The SMILES string of the molecule is [O-][n+]1ccccc1Oc1ncnc2sccc12. The maximum Gasteiger partial charge on any atom is 0.386 e. The van der Waals surface area contributed by atoms with Crippen LogP contribution in [0, 0.1) is 5.21 Å². The van der Waals surface area contributed by atoms with Crippen molar-refractivity contribution in [3.8, 4) is 11.8 Å². The summed E-state index contributed by atoms with van der Waals surface area (Å²) in [4.78, 5) is 8.98. The van der Waals surface area contributed by atoms with Gasteiger partial charge in [0.25, 0.3) is 0 Å².